The summed E-state index contributed by atoms with van der Waals surface area (Å²) in [6.07, 6.45) is 7.10. The lowest BCUT2D eigenvalue weighted by molar-refractivity contribution is 0.0531. The molecule has 1 aromatic heterocycles. The molecular formula is C14H23N3O. The van der Waals surface area contributed by atoms with Crippen LogP contribution in [-0.2, 0) is 0 Å². The highest BCUT2D eigenvalue weighted by atomic mass is 16.5. The van der Waals surface area contributed by atoms with Crippen LogP contribution in [0.15, 0.2) is 12.4 Å². The van der Waals surface area contributed by atoms with Gasteiger partial charge in [0.2, 0.25) is 5.88 Å². The summed E-state index contributed by atoms with van der Waals surface area (Å²) in [6, 6.07) is 0. The molecule has 100 valence electrons. The molecule has 0 amide bonds. The number of nitrogens with zero attached hydrogens (tertiary/aromatic N) is 2. The first-order valence-electron chi connectivity index (χ1n) is 6.65. The number of anilines is 1. The van der Waals surface area contributed by atoms with Gasteiger partial charge in [-0.15, -0.1) is 0 Å². The van der Waals surface area contributed by atoms with Crippen LogP contribution in [0.4, 0.5) is 5.82 Å². The van der Waals surface area contributed by atoms with E-state index in [1.807, 2.05) is 7.05 Å². The van der Waals surface area contributed by atoms with E-state index in [0.29, 0.717) is 17.2 Å². The van der Waals surface area contributed by atoms with E-state index in [1.165, 1.54) is 6.42 Å². The van der Waals surface area contributed by atoms with Gasteiger partial charge in [-0.25, -0.2) is 0 Å². The first kappa shape index (κ1) is 13.1. The Morgan fingerprint density at radius 2 is 2.11 bits per heavy atom. The second kappa shape index (κ2) is 5.12. The normalized spacial score (nSPS) is 26.7. The smallest absolute Gasteiger partial charge is 0.234 e. The van der Waals surface area contributed by atoms with Gasteiger partial charge < -0.3 is 10.1 Å². The lowest BCUT2D eigenvalue weighted by Gasteiger charge is -2.38. The van der Waals surface area contributed by atoms with Crippen LogP contribution in [0.2, 0.25) is 0 Å². The Morgan fingerprint density at radius 1 is 1.33 bits per heavy atom. The van der Waals surface area contributed by atoms with E-state index in [4.69, 9.17) is 4.74 Å². The maximum absolute atomic E-state index is 5.99. The molecule has 4 nitrogen and oxygen atoms in total. The summed E-state index contributed by atoms with van der Waals surface area (Å²) in [5.41, 5.74) is 0.358. The Morgan fingerprint density at radius 3 is 2.78 bits per heavy atom. The molecule has 0 aromatic carbocycles. The van der Waals surface area contributed by atoms with Crippen molar-refractivity contribution in [1.82, 2.24) is 9.97 Å². The van der Waals surface area contributed by atoms with Crippen molar-refractivity contribution < 1.29 is 4.74 Å². The first-order chi connectivity index (χ1) is 8.48. The predicted molar refractivity (Wildman–Crippen MR) is 72.8 cm³/mol. The van der Waals surface area contributed by atoms with E-state index < -0.39 is 0 Å². The maximum Gasteiger partial charge on any atom is 0.234 e. The molecule has 1 aromatic rings. The second-order valence-corrected chi connectivity index (χ2v) is 6.15. The Kier molecular flexibility index (Phi) is 3.73. The zero-order valence-corrected chi connectivity index (χ0v) is 11.7. The molecule has 1 N–H and O–H groups in total. The molecule has 1 saturated carbocycles. The van der Waals surface area contributed by atoms with Crippen LogP contribution in [0.5, 0.6) is 5.88 Å². The van der Waals surface area contributed by atoms with Crippen LogP contribution in [0.25, 0.3) is 0 Å². The van der Waals surface area contributed by atoms with Crippen LogP contribution in [0.1, 0.15) is 40.0 Å². The van der Waals surface area contributed by atoms with Gasteiger partial charge in [0.1, 0.15) is 11.9 Å². The van der Waals surface area contributed by atoms with E-state index >= 15 is 0 Å². The summed E-state index contributed by atoms with van der Waals surface area (Å²) < 4.78 is 5.99. The number of hydrogen-bond acceptors (Lipinski definition) is 4. The average molecular weight is 249 g/mol. The molecule has 2 unspecified atom stereocenters. The minimum atomic E-state index is 0.255. The van der Waals surface area contributed by atoms with Crippen molar-refractivity contribution in [3.63, 3.8) is 0 Å². The first-order valence-corrected chi connectivity index (χ1v) is 6.65. The molecule has 0 aliphatic heterocycles. The summed E-state index contributed by atoms with van der Waals surface area (Å²) in [7, 11) is 1.83. The van der Waals surface area contributed by atoms with E-state index in [1.54, 1.807) is 12.4 Å². The molecule has 18 heavy (non-hydrogen) atoms. The van der Waals surface area contributed by atoms with Gasteiger partial charge in [-0.05, 0) is 30.6 Å². The third-order valence-electron chi connectivity index (χ3n) is 3.50. The summed E-state index contributed by atoms with van der Waals surface area (Å²) in [6.45, 7) is 6.93. The second-order valence-electron chi connectivity index (χ2n) is 6.15. The van der Waals surface area contributed by atoms with Crippen LogP contribution in [0, 0.1) is 11.3 Å². The van der Waals surface area contributed by atoms with Gasteiger partial charge in [-0.1, -0.05) is 20.8 Å². The summed E-state index contributed by atoms with van der Waals surface area (Å²) in [5, 5.41) is 2.98. The SMILES string of the molecule is CNc1cncc(OC2CC(C)CC(C)(C)C2)n1. The number of ether oxygens (including phenoxy) is 1. The van der Waals surface area contributed by atoms with Crippen LogP contribution >= 0.6 is 0 Å². The van der Waals surface area contributed by atoms with Crippen molar-refractivity contribution in [1.29, 1.82) is 0 Å². The quantitative estimate of drug-likeness (QED) is 0.894. The molecule has 0 radical (unpaired) electrons. The third-order valence-corrected chi connectivity index (χ3v) is 3.50. The van der Waals surface area contributed by atoms with Crippen molar-refractivity contribution in [2.24, 2.45) is 11.3 Å². The van der Waals surface area contributed by atoms with Crippen molar-refractivity contribution in [3.8, 4) is 5.88 Å². The number of hydrogen-bond donors (Lipinski definition) is 1. The van der Waals surface area contributed by atoms with Gasteiger partial charge in [-0.3, -0.25) is 4.98 Å². The zero-order chi connectivity index (χ0) is 13.2. The Labute approximate surface area is 109 Å². The number of aromatic nitrogens is 2. The largest absolute Gasteiger partial charge is 0.473 e. The molecule has 1 heterocycles. The molecular weight excluding hydrogens is 226 g/mol. The monoisotopic (exact) mass is 249 g/mol. The molecule has 1 aliphatic rings. The van der Waals surface area contributed by atoms with E-state index in [2.05, 4.69) is 36.1 Å². The minimum Gasteiger partial charge on any atom is -0.473 e. The van der Waals surface area contributed by atoms with Crippen molar-refractivity contribution >= 4 is 5.82 Å². The van der Waals surface area contributed by atoms with Crippen LogP contribution in [-0.4, -0.2) is 23.1 Å². The third kappa shape index (κ3) is 3.34. The molecule has 0 saturated heterocycles. The standard InChI is InChI=1S/C14H23N3O/c1-10-5-11(7-14(2,3)6-10)18-13-9-16-8-12(15-4)17-13/h8-11H,5-7H2,1-4H3,(H,15,17). The molecule has 2 rings (SSSR count). The minimum absolute atomic E-state index is 0.255. The Bertz CT molecular complexity index is 406. The predicted octanol–water partition coefficient (Wildman–Crippen LogP) is 3.11. The average Bonchev–Trinajstić information content (AvgIpc) is 2.26. The number of nitrogens with one attached hydrogen (secondary N) is 1. The molecule has 0 bridgehead atoms. The van der Waals surface area contributed by atoms with Crippen molar-refractivity contribution in [2.45, 2.75) is 46.1 Å². The highest BCUT2D eigenvalue weighted by Gasteiger charge is 2.33. The van der Waals surface area contributed by atoms with Gasteiger partial charge in [-0.2, -0.15) is 4.98 Å². The molecule has 1 fully saturated rings. The Balaban J connectivity index is 2.04. The fourth-order valence-electron chi connectivity index (χ4n) is 3.04. The summed E-state index contributed by atoms with van der Waals surface area (Å²) in [4.78, 5) is 8.49. The Hall–Kier alpha value is -1.32. The van der Waals surface area contributed by atoms with Crippen molar-refractivity contribution in [3.05, 3.63) is 12.4 Å². The molecule has 1 aliphatic carbocycles. The van der Waals surface area contributed by atoms with Gasteiger partial charge in [0, 0.05) is 7.05 Å². The fraction of sp³-hybridized carbons (Fsp3) is 0.714. The summed E-state index contributed by atoms with van der Waals surface area (Å²) >= 11 is 0. The highest BCUT2D eigenvalue weighted by Crippen LogP contribution is 2.39. The highest BCUT2D eigenvalue weighted by molar-refractivity contribution is 5.31. The zero-order valence-electron chi connectivity index (χ0n) is 11.7. The fourth-order valence-corrected chi connectivity index (χ4v) is 3.04. The maximum atomic E-state index is 5.99. The topological polar surface area (TPSA) is 47.0 Å². The van der Waals surface area contributed by atoms with Gasteiger partial charge in [0.25, 0.3) is 0 Å². The van der Waals surface area contributed by atoms with Gasteiger partial charge in [0.05, 0.1) is 12.4 Å². The van der Waals surface area contributed by atoms with Gasteiger partial charge >= 0.3 is 0 Å². The molecule has 2 atom stereocenters. The lowest BCUT2D eigenvalue weighted by atomic mass is 9.71. The molecule has 4 heteroatoms. The van der Waals surface area contributed by atoms with Gasteiger partial charge in [0.15, 0.2) is 0 Å². The van der Waals surface area contributed by atoms with E-state index in [0.717, 1.165) is 18.7 Å². The summed E-state index contributed by atoms with van der Waals surface area (Å²) in [5.74, 6) is 2.08. The number of rotatable bonds is 3. The lowest BCUT2D eigenvalue weighted by Crippen LogP contribution is -2.34. The molecule has 0 spiro atoms. The van der Waals surface area contributed by atoms with E-state index in [9.17, 15) is 0 Å². The van der Waals surface area contributed by atoms with Crippen LogP contribution in [0.3, 0.4) is 0 Å². The van der Waals surface area contributed by atoms with Crippen LogP contribution < -0.4 is 10.1 Å². The van der Waals surface area contributed by atoms with Crippen molar-refractivity contribution in [2.75, 3.05) is 12.4 Å². The van der Waals surface area contributed by atoms with E-state index in [-0.39, 0.29) is 6.10 Å².